The van der Waals surface area contributed by atoms with E-state index in [0.29, 0.717) is 22.7 Å². The Morgan fingerprint density at radius 3 is 2.91 bits per heavy atom. The second-order valence-corrected chi connectivity index (χ2v) is 6.65. The van der Waals surface area contributed by atoms with Gasteiger partial charge in [-0.2, -0.15) is 0 Å². The monoisotopic (exact) mass is 309 g/mol. The Hall–Kier alpha value is -2.43. The SMILES string of the molecule is CC1=CC[C@H]2CN(C(=O)c3nc4ccccc4c(=O)[nH]3)C[C@H]2C1. The number of rotatable bonds is 1. The molecule has 1 N–H and O–H groups in total. The van der Waals surface area contributed by atoms with Crippen molar-refractivity contribution in [2.24, 2.45) is 11.8 Å². The van der Waals surface area contributed by atoms with E-state index in [9.17, 15) is 9.59 Å². The van der Waals surface area contributed by atoms with Crippen LogP contribution in [-0.4, -0.2) is 33.9 Å². The first kappa shape index (κ1) is 14.2. The Morgan fingerprint density at radius 1 is 1.26 bits per heavy atom. The van der Waals surface area contributed by atoms with Gasteiger partial charge < -0.3 is 9.88 Å². The van der Waals surface area contributed by atoms with Crippen molar-refractivity contribution in [1.82, 2.24) is 14.9 Å². The number of para-hydroxylation sites is 1. The van der Waals surface area contributed by atoms with Crippen molar-refractivity contribution in [3.05, 3.63) is 52.1 Å². The second kappa shape index (κ2) is 5.33. The number of nitrogens with zero attached hydrogens (tertiary/aromatic N) is 2. The molecule has 5 heteroatoms. The average molecular weight is 309 g/mol. The topological polar surface area (TPSA) is 66.1 Å². The van der Waals surface area contributed by atoms with E-state index in [-0.39, 0.29) is 17.3 Å². The number of H-pyrrole nitrogens is 1. The van der Waals surface area contributed by atoms with Crippen LogP contribution in [0.15, 0.2) is 40.7 Å². The number of aromatic nitrogens is 2. The van der Waals surface area contributed by atoms with Crippen molar-refractivity contribution in [3.63, 3.8) is 0 Å². The molecule has 1 aliphatic heterocycles. The van der Waals surface area contributed by atoms with Gasteiger partial charge in [-0.25, -0.2) is 4.98 Å². The third kappa shape index (κ3) is 2.46. The molecule has 1 aromatic heterocycles. The molecule has 1 aromatic carbocycles. The van der Waals surface area contributed by atoms with Gasteiger partial charge in [-0.3, -0.25) is 9.59 Å². The van der Waals surface area contributed by atoms with Crippen LogP contribution < -0.4 is 5.56 Å². The minimum atomic E-state index is -0.256. The third-order valence-electron chi connectivity index (χ3n) is 5.03. The zero-order chi connectivity index (χ0) is 16.0. The number of amides is 1. The maximum absolute atomic E-state index is 12.7. The molecule has 1 amide bonds. The average Bonchev–Trinajstić information content (AvgIpc) is 2.97. The van der Waals surface area contributed by atoms with Gasteiger partial charge >= 0.3 is 0 Å². The van der Waals surface area contributed by atoms with Gasteiger partial charge in [0.05, 0.1) is 10.9 Å². The fraction of sp³-hybridized carbons (Fsp3) is 0.389. The molecular formula is C18H19N3O2. The molecule has 0 radical (unpaired) electrons. The van der Waals surface area contributed by atoms with E-state index >= 15 is 0 Å². The summed E-state index contributed by atoms with van der Waals surface area (Å²) in [6, 6.07) is 7.09. The molecule has 2 atom stereocenters. The fourth-order valence-electron chi connectivity index (χ4n) is 3.79. The summed E-state index contributed by atoms with van der Waals surface area (Å²) in [5, 5.41) is 0.513. The van der Waals surface area contributed by atoms with Crippen LogP contribution in [0, 0.1) is 11.8 Å². The van der Waals surface area contributed by atoms with Crippen LogP contribution in [0.1, 0.15) is 30.4 Å². The highest BCUT2D eigenvalue weighted by Gasteiger charge is 2.37. The lowest BCUT2D eigenvalue weighted by Crippen LogP contribution is -2.32. The first-order valence-electron chi connectivity index (χ1n) is 8.06. The minimum Gasteiger partial charge on any atom is -0.335 e. The number of likely N-dealkylation sites (tertiary alicyclic amines) is 1. The molecule has 4 rings (SSSR count). The summed E-state index contributed by atoms with van der Waals surface area (Å²) < 4.78 is 0. The standard InChI is InChI=1S/C18H19N3O2/c1-11-6-7-12-9-21(10-13(12)8-11)18(23)16-19-15-5-3-2-4-14(15)17(22)20-16/h2-6,12-13H,7-10H2,1H3,(H,19,20,22)/t12-,13+/m0/s1. The Balaban J connectivity index is 1.62. The molecule has 1 fully saturated rings. The maximum Gasteiger partial charge on any atom is 0.289 e. The van der Waals surface area contributed by atoms with Gasteiger partial charge in [0.1, 0.15) is 0 Å². The zero-order valence-electron chi connectivity index (χ0n) is 13.1. The lowest BCUT2D eigenvalue weighted by Gasteiger charge is -2.21. The number of carbonyl (C=O) groups is 1. The van der Waals surface area contributed by atoms with Gasteiger partial charge in [-0.05, 0) is 43.7 Å². The number of hydrogen-bond donors (Lipinski definition) is 1. The predicted molar refractivity (Wildman–Crippen MR) is 88.2 cm³/mol. The lowest BCUT2D eigenvalue weighted by molar-refractivity contribution is 0.0772. The highest BCUT2D eigenvalue weighted by molar-refractivity contribution is 5.92. The Bertz CT molecular complexity index is 868. The van der Waals surface area contributed by atoms with E-state index in [1.165, 1.54) is 5.57 Å². The predicted octanol–water partition coefficient (Wildman–Crippen LogP) is 2.35. The second-order valence-electron chi connectivity index (χ2n) is 6.65. The van der Waals surface area contributed by atoms with E-state index in [1.807, 2.05) is 11.0 Å². The van der Waals surface area contributed by atoms with Crippen LogP contribution in [0.4, 0.5) is 0 Å². The fourth-order valence-corrected chi connectivity index (χ4v) is 3.79. The van der Waals surface area contributed by atoms with Crippen molar-refractivity contribution in [3.8, 4) is 0 Å². The molecule has 1 saturated heterocycles. The van der Waals surface area contributed by atoms with Crippen LogP contribution in [0.5, 0.6) is 0 Å². The van der Waals surface area contributed by atoms with Gasteiger partial charge in [0, 0.05) is 13.1 Å². The summed E-state index contributed by atoms with van der Waals surface area (Å²) in [5.74, 6) is 1.06. The normalized spacial score (nSPS) is 23.7. The molecule has 5 nitrogen and oxygen atoms in total. The molecule has 0 unspecified atom stereocenters. The molecule has 2 aromatic rings. The quantitative estimate of drug-likeness (QED) is 0.822. The van der Waals surface area contributed by atoms with E-state index in [0.717, 1.165) is 25.9 Å². The van der Waals surface area contributed by atoms with Crippen LogP contribution in [0.3, 0.4) is 0 Å². The Morgan fingerprint density at radius 2 is 2.04 bits per heavy atom. The van der Waals surface area contributed by atoms with Gasteiger partial charge in [0.15, 0.2) is 5.82 Å². The molecule has 0 bridgehead atoms. The van der Waals surface area contributed by atoms with Crippen LogP contribution >= 0.6 is 0 Å². The maximum atomic E-state index is 12.7. The first-order valence-corrected chi connectivity index (χ1v) is 8.06. The highest BCUT2D eigenvalue weighted by Crippen LogP contribution is 2.35. The van der Waals surface area contributed by atoms with Gasteiger partial charge in [-0.1, -0.05) is 23.8 Å². The molecule has 2 aliphatic rings. The summed E-state index contributed by atoms with van der Waals surface area (Å²) in [4.78, 5) is 33.7. The summed E-state index contributed by atoms with van der Waals surface area (Å²) in [6.45, 7) is 3.66. The molecule has 0 saturated carbocycles. The summed E-state index contributed by atoms with van der Waals surface area (Å²) in [6.07, 6.45) is 4.39. The third-order valence-corrected chi connectivity index (χ3v) is 5.03. The summed E-state index contributed by atoms with van der Waals surface area (Å²) in [7, 11) is 0. The minimum absolute atomic E-state index is 0.150. The molecule has 118 valence electrons. The Labute approximate surface area is 134 Å². The largest absolute Gasteiger partial charge is 0.335 e. The van der Waals surface area contributed by atoms with Crippen LogP contribution in [0.25, 0.3) is 10.9 Å². The summed E-state index contributed by atoms with van der Waals surface area (Å²) in [5.41, 5.74) is 1.72. The van der Waals surface area contributed by atoms with Gasteiger partial charge in [-0.15, -0.1) is 0 Å². The molecule has 1 aliphatic carbocycles. The van der Waals surface area contributed by atoms with E-state index < -0.39 is 0 Å². The van der Waals surface area contributed by atoms with Crippen molar-refractivity contribution in [2.45, 2.75) is 19.8 Å². The van der Waals surface area contributed by atoms with Crippen LogP contribution in [0.2, 0.25) is 0 Å². The Kier molecular flexibility index (Phi) is 3.29. The van der Waals surface area contributed by atoms with Gasteiger partial charge in [0.25, 0.3) is 11.5 Å². The molecular weight excluding hydrogens is 290 g/mol. The van der Waals surface area contributed by atoms with Crippen LogP contribution in [-0.2, 0) is 0 Å². The van der Waals surface area contributed by atoms with Crippen molar-refractivity contribution >= 4 is 16.8 Å². The van der Waals surface area contributed by atoms with Crippen molar-refractivity contribution in [2.75, 3.05) is 13.1 Å². The zero-order valence-corrected chi connectivity index (χ0v) is 13.1. The van der Waals surface area contributed by atoms with Crippen molar-refractivity contribution in [1.29, 1.82) is 0 Å². The van der Waals surface area contributed by atoms with E-state index in [2.05, 4.69) is 23.0 Å². The highest BCUT2D eigenvalue weighted by atomic mass is 16.2. The van der Waals surface area contributed by atoms with Crippen molar-refractivity contribution < 1.29 is 4.79 Å². The lowest BCUT2D eigenvalue weighted by atomic mass is 9.83. The number of aromatic amines is 1. The number of allylic oxidation sites excluding steroid dienone is 2. The van der Waals surface area contributed by atoms with E-state index in [1.54, 1.807) is 18.2 Å². The molecule has 23 heavy (non-hydrogen) atoms. The molecule has 0 spiro atoms. The summed E-state index contributed by atoms with van der Waals surface area (Å²) >= 11 is 0. The smallest absolute Gasteiger partial charge is 0.289 e. The number of benzene rings is 1. The first-order chi connectivity index (χ1) is 11.1. The molecule has 2 heterocycles. The number of nitrogens with one attached hydrogen (secondary N) is 1. The van der Waals surface area contributed by atoms with Gasteiger partial charge in [0.2, 0.25) is 0 Å². The number of carbonyl (C=O) groups excluding carboxylic acids is 1. The number of fused-ring (bicyclic) bond motifs is 2. The number of hydrogen-bond acceptors (Lipinski definition) is 3. The van der Waals surface area contributed by atoms with E-state index in [4.69, 9.17) is 0 Å².